The van der Waals surface area contributed by atoms with E-state index in [9.17, 15) is 0 Å². The Kier molecular flexibility index (Phi) is 3.05. The normalized spacial score (nSPS) is 11.0. The van der Waals surface area contributed by atoms with Crippen LogP contribution in [-0.4, -0.2) is 19.6 Å². The predicted octanol–water partition coefficient (Wildman–Crippen LogP) is 3.35. The highest BCUT2D eigenvalue weighted by Gasteiger charge is 2.11. The number of fused-ring (bicyclic) bond motifs is 1. The molecule has 0 fully saturated rings. The van der Waals surface area contributed by atoms with Crippen molar-refractivity contribution < 1.29 is 0 Å². The van der Waals surface area contributed by atoms with E-state index in [0.29, 0.717) is 17.3 Å². The van der Waals surface area contributed by atoms with Gasteiger partial charge in [-0.15, -0.1) is 5.10 Å². The first-order valence-corrected chi connectivity index (χ1v) is 7.36. The molecule has 0 amide bonds. The lowest BCUT2D eigenvalue weighted by Gasteiger charge is -2.07. The average molecular weight is 301 g/mol. The molecule has 23 heavy (non-hydrogen) atoms. The van der Waals surface area contributed by atoms with Gasteiger partial charge in [0, 0.05) is 6.20 Å². The van der Waals surface area contributed by atoms with Gasteiger partial charge in [0.25, 0.3) is 0 Å². The van der Waals surface area contributed by atoms with Crippen molar-refractivity contribution in [3.05, 3.63) is 66.4 Å². The van der Waals surface area contributed by atoms with E-state index in [1.807, 2.05) is 42.5 Å². The van der Waals surface area contributed by atoms with E-state index in [-0.39, 0.29) is 0 Å². The van der Waals surface area contributed by atoms with Crippen LogP contribution in [0.4, 0.5) is 5.82 Å². The fourth-order valence-corrected chi connectivity index (χ4v) is 2.66. The third kappa shape index (κ3) is 2.32. The molecule has 0 aliphatic carbocycles. The lowest BCUT2D eigenvalue weighted by Crippen LogP contribution is -1.99. The van der Waals surface area contributed by atoms with Crippen LogP contribution in [0.1, 0.15) is 5.56 Å². The Hall–Kier alpha value is -3.21. The highest BCUT2D eigenvalue weighted by molar-refractivity contribution is 5.74. The van der Waals surface area contributed by atoms with E-state index in [1.54, 1.807) is 10.7 Å². The lowest BCUT2D eigenvalue weighted by molar-refractivity contribution is 0.974. The number of benzene rings is 1. The zero-order chi connectivity index (χ0) is 15.8. The minimum Gasteiger partial charge on any atom is -0.384 e. The van der Waals surface area contributed by atoms with E-state index in [4.69, 9.17) is 5.73 Å². The smallest absolute Gasteiger partial charge is 0.200 e. The summed E-state index contributed by atoms with van der Waals surface area (Å²) in [6.07, 6.45) is 1.73. The van der Waals surface area contributed by atoms with Crippen molar-refractivity contribution in [3.63, 3.8) is 0 Å². The molecule has 112 valence electrons. The van der Waals surface area contributed by atoms with Crippen LogP contribution in [0.25, 0.3) is 28.3 Å². The Balaban J connectivity index is 1.90. The van der Waals surface area contributed by atoms with E-state index < -0.39 is 0 Å². The number of hydrogen-bond acceptors (Lipinski definition) is 4. The van der Waals surface area contributed by atoms with Crippen molar-refractivity contribution in [2.24, 2.45) is 0 Å². The van der Waals surface area contributed by atoms with Crippen molar-refractivity contribution in [1.29, 1.82) is 0 Å². The van der Waals surface area contributed by atoms with E-state index in [1.165, 1.54) is 5.56 Å². The quantitative estimate of drug-likeness (QED) is 0.616. The predicted molar refractivity (Wildman–Crippen MR) is 90.8 cm³/mol. The molecular formula is C18H15N5. The second kappa shape index (κ2) is 5.21. The van der Waals surface area contributed by atoms with Crippen molar-refractivity contribution in [2.75, 3.05) is 5.73 Å². The molecule has 1 aromatic carbocycles. The Morgan fingerprint density at radius 3 is 2.61 bits per heavy atom. The molecule has 5 nitrogen and oxygen atoms in total. The first-order chi connectivity index (χ1) is 11.2. The van der Waals surface area contributed by atoms with Gasteiger partial charge in [-0.3, -0.25) is 4.98 Å². The van der Waals surface area contributed by atoms with Crippen LogP contribution in [-0.2, 0) is 0 Å². The molecule has 0 unspecified atom stereocenters. The number of nitrogen functional groups attached to an aromatic ring is 1. The summed E-state index contributed by atoms with van der Waals surface area (Å²) in [6, 6.07) is 17.8. The number of rotatable bonds is 2. The maximum absolute atomic E-state index is 6.18. The minimum atomic E-state index is 0.551. The van der Waals surface area contributed by atoms with Gasteiger partial charge >= 0.3 is 0 Å². The second-order valence-electron chi connectivity index (χ2n) is 5.40. The molecule has 4 aromatic rings. The summed E-state index contributed by atoms with van der Waals surface area (Å²) >= 11 is 0. The van der Waals surface area contributed by atoms with Gasteiger partial charge in [0.1, 0.15) is 11.5 Å². The molecule has 0 aliphatic rings. The highest BCUT2D eigenvalue weighted by Crippen LogP contribution is 2.27. The highest BCUT2D eigenvalue weighted by atomic mass is 15.3. The lowest BCUT2D eigenvalue weighted by atomic mass is 10.0. The van der Waals surface area contributed by atoms with Crippen molar-refractivity contribution >= 4 is 11.5 Å². The molecular weight excluding hydrogens is 286 g/mol. The molecule has 0 aliphatic heterocycles. The van der Waals surface area contributed by atoms with Gasteiger partial charge in [-0.1, -0.05) is 30.3 Å². The summed E-state index contributed by atoms with van der Waals surface area (Å²) in [7, 11) is 0. The fraction of sp³-hybridized carbons (Fsp3) is 0.0556. The zero-order valence-electron chi connectivity index (χ0n) is 12.6. The van der Waals surface area contributed by atoms with E-state index >= 15 is 0 Å². The third-order valence-corrected chi connectivity index (χ3v) is 3.81. The third-order valence-electron chi connectivity index (χ3n) is 3.81. The second-order valence-corrected chi connectivity index (χ2v) is 5.40. The summed E-state index contributed by atoms with van der Waals surface area (Å²) < 4.78 is 1.64. The van der Waals surface area contributed by atoms with Crippen LogP contribution in [0.3, 0.4) is 0 Å². The van der Waals surface area contributed by atoms with Crippen LogP contribution in [0.15, 0.2) is 60.8 Å². The van der Waals surface area contributed by atoms with Crippen LogP contribution in [0.2, 0.25) is 0 Å². The van der Waals surface area contributed by atoms with Crippen LogP contribution >= 0.6 is 0 Å². The number of aromatic nitrogens is 4. The van der Waals surface area contributed by atoms with Gasteiger partial charge in [-0.05, 0) is 47.9 Å². The number of aryl methyl sites for hydroxylation is 1. The molecule has 0 saturated heterocycles. The Labute approximate surface area is 133 Å². The minimum absolute atomic E-state index is 0.551. The van der Waals surface area contributed by atoms with Crippen molar-refractivity contribution in [2.45, 2.75) is 6.92 Å². The maximum atomic E-state index is 6.18. The number of hydrogen-bond donors (Lipinski definition) is 1. The standard InChI is InChI=1S/C18H15N5/c1-12-6-2-3-7-14(12)13-10-16(19)23-17(11-13)21-18(22-23)15-8-4-5-9-20-15/h2-11H,19H2,1H3. The largest absolute Gasteiger partial charge is 0.384 e. The Morgan fingerprint density at radius 2 is 1.83 bits per heavy atom. The molecule has 5 heteroatoms. The summed E-state index contributed by atoms with van der Waals surface area (Å²) in [5.41, 5.74) is 11.0. The Bertz CT molecular complexity index is 989. The van der Waals surface area contributed by atoms with Gasteiger partial charge < -0.3 is 5.73 Å². The summed E-state index contributed by atoms with van der Waals surface area (Å²) in [4.78, 5) is 8.86. The molecule has 2 N–H and O–H groups in total. The fourth-order valence-electron chi connectivity index (χ4n) is 2.66. The number of nitrogens with two attached hydrogens (primary N) is 1. The van der Waals surface area contributed by atoms with Crippen LogP contribution < -0.4 is 5.73 Å². The molecule has 0 radical (unpaired) electrons. The Morgan fingerprint density at radius 1 is 1.00 bits per heavy atom. The van der Waals surface area contributed by atoms with Gasteiger partial charge in [-0.25, -0.2) is 4.98 Å². The van der Waals surface area contributed by atoms with Gasteiger partial charge in [-0.2, -0.15) is 4.52 Å². The number of pyridine rings is 2. The topological polar surface area (TPSA) is 69.1 Å². The van der Waals surface area contributed by atoms with Crippen LogP contribution in [0, 0.1) is 6.92 Å². The summed E-state index contributed by atoms with van der Waals surface area (Å²) in [5.74, 6) is 1.12. The molecule has 0 bridgehead atoms. The summed E-state index contributed by atoms with van der Waals surface area (Å²) in [5, 5.41) is 4.46. The van der Waals surface area contributed by atoms with Crippen LogP contribution in [0.5, 0.6) is 0 Å². The van der Waals surface area contributed by atoms with Gasteiger partial charge in [0.15, 0.2) is 5.65 Å². The number of anilines is 1. The van der Waals surface area contributed by atoms with Gasteiger partial charge in [0.2, 0.25) is 5.82 Å². The number of nitrogens with zero attached hydrogens (tertiary/aromatic N) is 4. The molecule has 0 atom stereocenters. The van der Waals surface area contributed by atoms with Gasteiger partial charge in [0.05, 0.1) is 0 Å². The first-order valence-electron chi connectivity index (χ1n) is 7.36. The molecule has 0 saturated carbocycles. The zero-order valence-corrected chi connectivity index (χ0v) is 12.6. The molecule has 3 heterocycles. The monoisotopic (exact) mass is 301 g/mol. The van der Waals surface area contributed by atoms with E-state index in [0.717, 1.165) is 16.8 Å². The van der Waals surface area contributed by atoms with Crippen molar-refractivity contribution in [1.82, 2.24) is 19.6 Å². The average Bonchev–Trinajstić information content (AvgIpc) is 3.01. The summed E-state index contributed by atoms with van der Waals surface area (Å²) in [6.45, 7) is 2.08. The van der Waals surface area contributed by atoms with Crippen molar-refractivity contribution in [3.8, 4) is 22.6 Å². The first kappa shape index (κ1) is 13.5. The molecule has 4 rings (SSSR count). The molecule has 0 spiro atoms. The maximum Gasteiger partial charge on any atom is 0.200 e. The van der Waals surface area contributed by atoms with E-state index in [2.05, 4.69) is 34.1 Å². The molecule has 3 aromatic heterocycles. The SMILES string of the molecule is Cc1ccccc1-c1cc(N)n2nc(-c3ccccn3)nc2c1.